The number of nitrogens with zero attached hydrogens (tertiary/aromatic N) is 3. The highest BCUT2D eigenvalue weighted by molar-refractivity contribution is 7.14. The molecule has 9 heteroatoms. The third-order valence-electron chi connectivity index (χ3n) is 3.18. The Bertz CT molecular complexity index is 915. The predicted molar refractivity (Wildman–Crippen MR) is 82.7 cm³/mol. The zero-order chi connectivity index (χ0) is 17.3. The van der Waals surface area contributed by atoms with Crippen molar-refractivity contribution in [2.75, 3.05) is 0 Å². The lowest BCUT2D eigenvalue weighted by Gasteiger charge is -2.06. The molecule has 2 aromatic heterocycles. The number of halogens is 3. The lowest BCUT2D eigenvalue weighted by atomic mass is 10.1. The van der Waals surface area contributed by atoms with Gasteiger partial charge in [-0.05, 0) is 24.6 Å². The monoisotopic (exact) mass is 352 g/mol. The van der Waals surface area contributed by atoms with Gasteiger partial charge >= 0.3 is 6.18 Å². The van der Waals surface area contributed by atoms with Crippen LogP contribution in [-0.2, 0) is 12.6 Å². The number of alkyl halides is 3. The van der Waals surface area contributed by atoms with Crippen molar-refractivity contribution in [3.05, 3.63) is 62.6 Å². The summed E-state index contributed by atoms with van der Waals surface area (Å²) in [5.74, 6) is 0.469. The zero-order valence-electron chi connectivity index (χ0n) is 12.4. The molecule has 124 valence electrons. The maximum atomic E-state index is 12.5. The first-order valence-electron chi connectivity index (χ1n) is 6.88. The van der Waals surface area contributed by atoms with Gasteiger partial charge in [0, 0.05) is 12.5 Å². The average molecular weight is 352 g/mol. The van der Waals surface area contributed by atoms with Gasteiger partial charge in [0.1, 0.15) is 16.5 Å². The molecule has 24 heavy (non-hydrogen) atoms. The Hall–Kier alpha value is -2.55. The van der Waals surface area contributed by atoms with Gasteiger partial charge in [-0.2, -0.15) is 13.2 Å². The van der Waals surface area contributed by atoms with Crippen LogP contribution in [0.1, 0.15) is 22.0 Å². The molecule has 1 aromatic carbocycles. The number of aromatic amines is 1. The quantitative estimate of drug-likeness (QED) is 0.786. The Balaban J connectivity index is 1.80. The van der Waals surface area contributed by atoms with Crippen molar-refractivity contribution >= 4 is 11.3 Å². The molecule has 1 N–H and O–H groups in total. The Labute approximate surface area is 138 Å². The fraction of sp³-hybridized carbons (Fsp3) is 0.200. The topological polar surface area (TPSA) is 71.5 Å². The van der Waals surface area contributed by atoms with Crippen molar-refractivity contribution in [1.29, 1.82) is 0 Å². The van der Waals surface area contributed by atoms with Crippen LogP contribution >= 0.6 is 11.3 Å². The summed E-state index contributed by atoms with van der Waals surface area (Å²) in [4.78, 5) is 18.2. The second kappa shape index (κ2) is 6.16. The maximum Gasteiger partial charge on any atom is 0.416 e. The second-order valence-corrected chi connectivity index (χ2v) is 6.15. The summed E-state index contributed by atoms with van der Waals surface area (Å²) >= 11 is 1.25. The highest BCUT2D eigenvalue weighted by Crippen LogP contribution is 2.29. The summed E-state index contributed by atoms with van der Waals surface area (Å²) in [6.07, 6.45) is -3.99. The lowest BCUT2D eigenvalue weighted by molar-refractivity contribution is -0.137. The van der Waals surface area contributed by atoms with Crippen molar-refractivity contribution in [3.8, 4) is 10.7 Å². The fourth-order valence-corrected chi connectivity index (χ4v) is 2.94. The van der Waals surface area contributed by atoms with Gasteiger partial charge in [0.05, 0.1) is 5.56 Å². The van der Waals surface area contributed by atoms with Gasteiger partial charge in [0.25, 0.3) is 5.56 Å². The third kappa shape index (κ3) is 3.67. The molecule has 0 unspecified atom stereocenters. The summed E-state index contributed by atoms with van der Waals surface area (Å²) in [6.45, 7) is 1.66. The van der Waals surface area contributed by atoms with Gasteiger partial charge in [0.2, 0.25) is 0 Å². The van der Waals surface area contributed by atoms with Crippen molar-refractivity contribution in [1.82, 2.24) is 20.2 Å². The first-order valence-corrected chi connectivity index (χ1v) is 7.70. The Morgan fingerprint density at radius 1 is 1.17 bits per heavy atom. The van der Waals surface area contributed by atoms with E-state index in [1.807, 2.05) is 0 Å². The van der Waals surface area contributed by atoms with Crippen molar-refractivity contribution in [2.24, 2.45) is 0 Å². The molecular formula is C15H11F3N4OS. The van der Waals surface area contributed by atoms with Gasteiger partial charge < -0.3 is 4.98 Å². The molecule has 0 bridgehead atoms. The Kier molecular flexibility index (Phi) is 4.18. The molecule has 2 heterocycles. The summed E-state index contributed by atoms with van der Waals surface area (Å²) in [5.41, 5.74) is 0.151. The number of H-pyrrole nitrogens is 1. The van der Waals surface area contributed by atoms with Crippen LogP contribution in [0.4, 0.5) is 13.2 Å². The highest BCUT2D eigenvalue weighted by atomic mass is 32.1. The van der Waals surface area contributed by atoms with E-state index < -0.39 is 11.7 Å². The predicted octanol–water partition coefficient (Wildman–Crippen LogP) is 3.21. The number of hydrogen-bond acceptors (Lipinski definition) is 5. The van der Waals surface area contributed by atoms with E-state index in [9.17, 15) is 18.0 Å². The first kappa shape index (κ1) is 16.3. The molecule has 3 aromatic rings. The van der Waals surface area contributed by atoms with E-state index >= 15 is 0 Å². The van der Waals surface area contributed by atoms with E-state index in [1.54, 1.807) is 6.92 Å². The Morgan fingerprint density at radius 3 is 2.50 bits per heavy atom. The molecule has 0 aliphatic carbocycles. The SMILES string of the molecule is Cc1nc(-c2nnc(Cc3ccc(C(F)(F)F)cc3)s2)cc(=O)[nH]1. The fourth-order valence-electron chi connectivity index (χ4n) is 2.10. The average Bonchev–Trinajstić information content (AvgIpc) is 2.94. The van der Waals surface area contributed by atoms with Crippen LogP contribution in [0, 0.1) is 6.92 Å². The molecule has 0 amide bonds. The summed E-state index contributed by atoms with van der Waals surface area (Å²) in [7, 11) is 0. The number of hydrogen-bond donors (Lipinski definition) is 1. The van der Waals surface area contributed by atoms with E-state index in [1.165, 1.54) is 29.5 Å². The molecule has 5 nitrogen and oxygen atoms in total. The zero-order valence-corrected chi connectivity index (χ0v) is 13.2. The number of aryl methyl sites for hydroxylation is 1. The molecule has 0 saturated heterocycles. The van der Waals surface area contributed by atoms with E-state index in [2.05, 4.69) is 20.2 Å². The molecule has 0 radical (unpaired) electrons. The minimum Gasteiger partial charge on any atom is -0.311 e. The third-order valence-corrected chi connectivity index (χ3v) is 4.13. The highest BCUT2D eigenvalue weighted by Gasteiger charge is 2.29. The minimum absolute atomic E-state index is 0.281. The van der Waals surface area contributed by atoms with Gasteiger partial charge in [-0.15, -0.1) is 10.2 Å². The van der Waals surface area contributed by atoms with Crippen molar-refractivity contribution < 1.29 is 13.2 Å². The largest absolute Gasteiger partial charge is 0.416 e. The van der Waals surface area contributed by atoms with Crippen LogP contribution < -0.4 is 5.56 Å². The summed E-state index contributed by atoms with van der Waals surface area (Å²) < 4.78 is 37.6. The smallest absolute Gasteiger partial charge is 0.311 e. The number of aromatic nitrogens is 4. The summed E-state index contributed by atoms with van der Waals surface area (Å²) in [5, 5.41) is 9.13. The summed E-state index contributed by atoms with van der Waals surface area (Å²) in [6, 6.07) is 6.24. The second-order valence-electron chi connectivity index (χ2n) is 5.09. The number of benzene rings is 1. The lowest BCUT2D eigenvalue weighted by Crippen LogP contribution is -2.08. The van der Waals surface area contributed by atoms with Crippen LogP contribution in [0.5, 0.6) is 0 Å². The van der Waals surface area contributed by atoms with Crippen molar-refractivity contribution in [2.45, 2.75) is 19.5 Å². The van der Waals surface area contributed by atoms with Crippen molar-refractivity contribution in [3.63, 3.8) is 0 Å². The van der Waals surface area contributed by atoms with Crippen LogP contribution in [0.2, 0.25) is 0 Å². The molecule has 0 spiro atoms. The molecule has 0 atom stereocenters. The normalized spacial score (nSPS) is 11.7. The Morgan fingerprint density at radius 2 is 1.88 bits per heavy atom. The first-order chi connectivity index (χ1) is 11.3. The van der Waals surface area contributed by atoms with Crippen LogP contribution in [0.15, 0.2) is 35.1 Å². The van der Waals surface area contributed by atoms with Gasteiger partial charge in [-0.3, -0.25) is 4.79 Å². The van der Waals surface area contributed by atoms with Gasteiger partial charge in [-0.25, -0.2) is 4.98 Å². The minimum atomic E-state index is -4.35. The van der Waals surface area contributed by atoms with Crippen LogP contribution in [0.3, 0.4) is 0 Å². The standard InChI is InChI=1S/C15H11F3N4OS/c1-8-19-11(7-12(23)20-8)14-22-21-13(24-14)6-9-2-4-10(5-3-9)15(16,17)18/h2-5,7H,6H2,1H3,(H,19,20,23). The van der Waals surface area contributed by atoms with E-state index in [0.717, 1.165) is 12.1 Å². The van der Waals surface area contributed by atoms with E-state index in [4.69, 9.17) is 0 Å². The molecule has 0 aliphatic rings. The van der Waals surface area contributed by atoms with Gasteiger partial charge in [-0.1, -0.05) is 23.5 Å². The van der Waals surface area contributed by atoms with E-state index in [0.29, 0.717) is 33.5 Å². The molecule has 0 aliphatic heterocycles. The van der Waals surface area contributed by atoms with E-state index in [-0.39, 0.29) is 5.56 Å². The molecule has 0 saturated carbocycles. The maximum absolute atomic E-state index is 12.5. The van der Waals surface area contributed by atoms with Gasteiger partial charge in [0.15, 0.2) is 5.01 Å². The molecule has 0 fully saturated rings. The number of nitrogens with one attached hydrogen (secondary N) is 1. The number of rotatable bonds is 3. The molecular weight excluding hydrogens is 341 g/mol. The van der Waals surface area contributed by atoms with Crippen LogP contribution in [0.25, 0.3) is 10.7 Å². The van der Waals surface area contributed by atoms with Crippen LogP contribution in [-0.4, -0.2) is 20.2 Å². The molecule has 3 rings (SSSR count).